The van der Waals surface area contributed by atoms with Crippen LogP contribution in [0.2, 0.25) is 0 Å². The molecule has 0 aliphatic carbocycles. The van der Waals surface area contributed by atoms with Crippen molar-refractivity contribution < 1.29 is 0 Å². The Balaban J connectivity index is 1.40. The third-order valence-corrected chi connectivity index (χ3v) is 10.3. The van der Waals surface area contributed by atoms with Crippen LogP contribution in [0.15, 0.2) is 69.1 Å². The first kappa shape index (κ1) is 23.1. The lowest BCUT2D eigenvalue weighted by Gasteiger charge is -2.25. The molecule has 2 aromatic heterocycles. The Bertz CT molecular complexity index is 1140. The van der Waals surface area contributed by atoms with E-state index in [2.05, 4.69) is 70.5 Å². The summed E-state index contributed by atoms with van der Waals surface area (Å²) in [5.74, 6) is 0. The second-order valence-electron chi connectivity index (χ2n) is 9.19. The van der Waals surface area contributed by atoms with Gasteiger partial charge in [-0.05, 0) is 38.5 Å². The first-order valence-corrected chi connectivity index (χ1v) is 15.1. The Morgan fingerprint density at radius 3 is 1.34 bits per heavy atom. The third-order valence-electron chi connectivity index (χ3n) is 6.70. The van der Waals surface area contributed by atoms with E-state index in [0.717, 1.165) is 47.8 Å². The van der Waals surface area contributed by atoms with Crippen LogP contribution in [-0.2, 0) is 0 Å². The quantitative estimate of drug-likeness (QED) is 0.258. The summed E-state index contributed by atoms with van der Waals surface area (Å²) in [7, 11) is 0. The normalized spacial score (nSPS) is 16.6. The number of hydrogen-bond acceptors (Lipinski definition) is 7. The highest BCUT2D eigenvalue weighted by atomic mass is 32.2. The lowest BCUT2D eigenvalue weighted by atomic mass is 10.1. The van der Waals surface area contributed by atoms with Crippen molar-refractivity contribution >= 4 is 44.7 Å². The van der Waals surface area contributed by atoms with E-state index in [1.54, 1.807) is 0 Å². The Kier molecular flexibility index (Phi) is 7.07. The van der Waals surface area contributed by atoms with E-state index < -0.39 is 0 Å². The van der Waals surface area contributed by atoms with Gasteiger partial charge < -0.3 is 9.80 Å². The van der Waals surface area contributed by atoms with Gasteiger partial charge in [0.25, 0.3) is 0 Å². The average Bonchev–Trinajstić information content (AvgIpc) is 3.56. The zero-order valence-corrected chi connectivity index (χ0v) is 22.3. The molecule has 4 aromatic rings. The Hall–Kier alpha value is -2.35. The summed E-state index contributed by atoms with van der Waals surface area (Å²) in [6, 6.07) is 21.3. The molecule has 0 N–H and O–H groups in total. The van der Waals surface area contributed by atoms with Crippen molar-refractivity contribution in [2.75, 3.05) is 36.0 Å². The van der Waals surface area contributed by atoms with Crippen LogP contribution in [0.5, 0.6) is 0 Å². The molecule has 180 valence electrons. The van der Waals surface area contributed by atoms with Crippen LogP contribution in [0.3, 0.4) is 0 Å². The standard InChI is InChI=1S/C28H30N4S3/c1-5-13-21(14-6-1)23-25(34-27(29-23)31-17-9-3-10-18-31)33-26-24(22-15-7-2-8-16-22)30-28(35-26)32-19-11-4-12-20-32/h1-2,5-8,13-16H,3-4,9-12,17-20H2. The predicted octanol–water partition coefficient (Wildman–Crippen LogP) is 8.07. The van der Waals surface area contributed by atoms with Crippen molar-refractivity contribution in [1.82, 2.24) is 9.97 Å². The van der Waals surface area contributed by atoms with Crippen molar-refractivity contribution in [2.45, 2.75) is 46.9 Å². The van der Waals surface area contributed by atoms with E-state index in [4.69, 9.17) is 9.97 Å². The van der Waals surface area contributed by atoms with E-state index >= 15 is 0 Å². The third kappa shape index (κ3) is 5.13. The summed E-state index contributed by atoms with van der Waals surface area (Å²) in [5, 5.41) is 2.32. The molecule has 35 heavy (non-hydrogen) atoms. The van der Waals surface area contributed by atoms with Gasteiger partial charge in [-0.25, -0.2) is 9.97 Å². The maximum absolute atomic E-state index is 5.20. The second-order valence-corrected chi connectivity index (χ2v) is 12.7. The number of benzene rings is 2. The molecule has 0 amide bonds. The number of thiazole rings is 2. The summed E-state index contributed by atoms with van der Waals surface area (Å²) in [4.78, 5) is 15.4. The highest BCUT2D eigenvalue weighted by molar-refractivity contribution is 8.03. The summed E-state index contributed by atoms with van der Waals surface area (Å²) in [5.41, 5.74) is 4.59. The Morgan fingerprint density at radius 1 is 0.543 bits per heavy atom. The zero-order chi connectivity index (χ0) is 23.5. The molecule has 6 rings (SSSR count). The topological polar surface area (TPSA) is 32.3 Å². The summed E-state index contributed by atoms with van der Waals surface area (Å²) >= 11 is 5.55. The van der Waals surface area contributed by atoms with Crippen molar-refractivity contribution in [2.24, 2.45) is 0 Å². The minimum absolute atomic E-state index is 1.10. The number of aromatic nitrogens is 2. The monoisotopic (exact) mass is 518 g/mol. The molecule has 0 unspecified atom stereocenters. The average molecular weight is 519 g/mol. The Labute approximate surface area is 220 Å². The van der Waals surface area contributed by atoms with Crippen LogP contribution in [0.1, 0.15) is 38.5 Å². The van der Waals surface area contributed by atoms with Gasteiger partial charge in [-0.2, -0.15) is 0 Å². The van der Waals surface area contributed by atoms with Crippen molar-refractivity contribution in [3.05, 3.63) is 60.7 Å². The Morgan fingerprint density at radius 2 is 0.943 bits per heavy atom. The molecule has 7 heteroatoms. The number of piperidine rings is 2. The molecule has 0 atom stereocenters. The largest absolute Gasteiger partial charge is 0.348 e. The highest BCUT2D eigenvalue weighted by Crippen LogP contribution is 2.49. The van der Waals surface area contributed by atoms with E-state index in [0.29, 0.717) is 0 Å². The van der Waals surface area contributed by atoms with Crippen LogP contribution in [0, 0.1) is 0 Å². The van der Waals surface area contributed by atoms with Gasteiger partial charge >= 0.3 is 0 Å². The van der Waals surface area contributed by atoms with Gasteiger partial charge in [-0.1, -0.05) is 95.1 Å². The molecular weight excluding hydrogens is 489 g/mol. The summed E-state index contributed by atoms with van der Waals surface area (Å²) < 4.78 is 2.53. The van der Waals surface area contributed by atoms with Gasteiger partial charge in [0.2, 0.25) is 0 Å². The van der Waals surface area contributed by atoms with E-state index in [-0.39, 0.29) is 0 Å². The lowest BCUT2D eigenvalue weighted by Crippen LogP contribution is -2.29. The number of anilines is 2. The maximum Gasteiger partial charge on any atom is 0.186 e. The van der Waals surface area contributed by atoms with E-state index in [1.807, 2.05) is 34.4 Å². The van der Waals surface area contributed by atoms with Gasteiger partial charge in [0, 0.05) is 37.3 Å². The SMILES string of the molecule is c1ccc(-c2nc(N3CCCCC3)sc2Sc2sc(N3CCCCC3)nc2-c2ccccc2)cc1. The molecule has 2 aliphatic rings. The van der Waals surface area contributed by atoms with E-state index in [1.165, 1.54) is 58.1 Å². The molecule has 0 saturated carbocycles. The highest BCUT2D eigenvalue weighted by Gasteiger charge is 2.24. The fourth-order valence-electron chi connectivity index (χ4n) is 4.81. The fraction of sp³-hybridized carbons (Fsp3) is 0.357. The zero-order valence-electron chi connectivity index (χ0n) is 19.9. The van der Waals surface area contributed by atoms with Gasteiger partial charge in [-0.15, -0.1) is 0 Å². The lowest BCUT2D eigenvalue weighted by molar-refractivity contribution is 0.577. The molecule has 2 fully saturated rings. The van der Waals surface area contributed by atoms with Crippen LogP contribution >= 0.6 is 34.4 Å². The predicted molar refractivity (Wildman–Crippen MR) is 151 cm³/mol. The number of nitrogens with zero attached hydrogens (tertiary/aromatic N) is 4. The van der Waals surface area contributed by atoms with Gasteiger partial charge in [-0.3, -0.25) is 0 Å². The number of hydrogen-bond donors (Lipinski definition) is 0. The van der Waals surface area contributed by atoms with Crippen LogP contribution in [-0.4, -0.2) is 36.1 Å². The fourth-order valence-corrected chi connectivity index (χ4v) is 8.69. The molecule has 0 radical (unpaired) electrons. The molecular formula is C28H30N4S3. The molecule has 2 aliphatic heterocycles. The minimum atomic E-state index is 1.10. The van der Waals surface area contributed by atoms with Gasteiger partial charge in [0.15, 0.2) is 10.3 Å². The first-order valence-electron chi connectivity index (χ1n) is 12.7. The number of rotatable bonds is 6. The van der Waals surface area contributed by atoms with Crippen LogP contribution < -0.4 is 9.80 Å². The smallest absolute Gasteiger partial charge is 0.186 e. The van der Waals surface area contributed by atoms with Crippen molar-refractivity contribution in [3.63, 3.8) is 0 Å². The second kappa shape index (κ2) is 10.7. The first-order chi connectivity index (χ1) is 17.3. The molecule has 2 saturated heterocycles. The molecule has 4 nitrogen and oxygen atoms in total. The van der Waals surface area contributed by atoms with Crippen LogP contribution in [0.4, 0.5) is 10.3 Å². The minimum Gasteiger partial charge on any atom is -0.348 e. The summed E-state index contributed by atoms with van der Waals surface area (Å²) in [6.45, 7) is 4.45. The van der Waals surface area contributed by atoms with Crippen molar-refractivity contribution in [1.29, 1.82) is 0 Å². The summed E-state index contributed by atoms with van der Waals surface area (Å²) in [6.07, 6.45) is 7.69. The maximum atomic E-state index is 5.20. The van der Waals surface area contributed by atoms with Crippen LogP contribution in [0.25, 0.3) is 22.5 Å². The molecule has 0 spiro atoms. The van der Waals surface area contributed by atoms with E-state index in [9.17, 15) is 0 Å². The molecule has 0 bridgehead atoms. The molecule has 2 aromatic carbocycles. The van der Waals surface area contributed by atoms with Gasteiger partial charge in [0.1, 0.15) is 0 Å². The van der Waals surface area contributed by atoms with Crippen molar-refractivity contribution in [3.8, 4) is 22.5 Å². The molecule has 4 heterocycles. The van der Waals surface area contributed by atoms with Gasteiger partial charge in [0.05, 0.1) is 19.8 Å².